The lowest BCUT2D eigenvalue weighted by molar-refractivity contribution is 0.00982. The highest BCUT2D eigenvalue weighted by atomic mass is 35.5. The Kier molecular flexibility index (Phi) is 4.05. The number of pyridine rings is 1. The van der Waals surface area contributed by atoms with Crippen molar-refractivity contribution in [3.63, 3.8) is 0 Å². The summed E-state index contributed by atoms with van der Waals surface area (Å²) in [5, 5.41) is 0.289. The Morgan fingerprint density at radius 1 is 1.54 bits per heavy atom. The van der Waals surface area contributed by atoms with Gasteiger partial charge in [-0.25, -0.2) is 13.8 Å². The summed E-state index contributed by atoms with van der Waals surface area (Å²) in [7, 11) is 0. The van der Waals surface area contributed by atoms with Gasteiger partial charge in [-0.2, -0.15) is 0 Å². The van der Waals surface area contributed by atoms with Gasteiger partial charge in [-0.15, -0.1) is 0 Å². The fourth-order valence-electron chi connectivity index (χ4n) is 0.785. The molecule has 0 bridgehead atoms. The topological polar surface area (TPSA) is 22.1 Å². The predicted octanol–water partition coefficient (Wildman–Crippen LogP) is 2.52. The van der Waals surface area contributed by atoms with E-state index in [-0.39, 0.29) is 11.8 Å². The van der Waals surface area contributed by atoms with Gasteiger partial charge >= 0.3 is 0 Å². The Balaban J connectivity index is 2.41. The van der Waals surface area contributed by atoms with E-state index < -0.39 is 13.0 Å². The Morgan fingerprint density at radius 3 is 2.92 bits per heavy atom. The fourth-order valence-corrected chi connectivity index (χ4v) is 0.959. The van der Waals surface area contributed by atoms with Gasteiger partial charge in [0, 0.05) is 11.8 Å². The van der Waals surface area contributed by atoms with Gasteiger partial charge in [0.2, 0.25) is 0 Å². The maximum absolute atomic E-state index is 11.7. The van der Waals surface area contributed by atoms with Crippen LogP contribution in [0.1, 0.15) is 5.56 Å². The molecule has 0 fully saturated rings. The molecule has 0 saturated carbocycles. The van der Waals surface area contributed by atoms with Crippen LogP contribution in [-0.2, 0) is 11.3 Å². The lowest BCUT2D eigenvalue weighted by atomic mass is 10.3. The van der Waals surface area contributed by atoms with Crippen LogP contribution < -0.4 is 0 Å². The Hall–Kier alpha value is -0.740. The Labute approximate surface area is 79.5 Å². The van der Waals surface area contributed by atoms with E-state index in [0.717, 1.165) is 0 Å². The predicted molar refractivity (Wildman–Crippen MR) is 44.9 cm³/mol. The summed E-state index contributed by atoms with van der Waals surface area (Å²) in [4.78, 5) is 3.77. The van der Waals surface area contributed by atoms with Gasteiger partial charge in [0.15, 0.2) is 0 Å². The molecule has 2 nitrogen and oxygen atoms in total. The SMILES string of the molecule is FC(F)COCc1cccnc1Cl. The van der Waals surface area contributed by atoms with Crippen molar-refractivity contribution in [3.8, 4) is 0 Å². The maximum atomic E-state index is 11.7. The molecule has 1 rings (SSSR count). The first-order valence-electron chi connectivity index (χ1n) is 3.65. The van der Waals surface area contributed by atoms with E-state index in [9.17, 15) is 8.78 Å². The molecule has 0 aliphatic heterocycles. The molecule has 0 aromatic carbocycles. The van der Waals surface area contributed by atoms with E-state index in [1.807, 2.05) is 0 Å². The van der Waals surface area contributed by atoms with Gasteiger partial charge < -0.3 is 4.74 Å². The van der Waals surface area contributed by atoms with E-state index in [2.05, 4.69) is 9.72 Å². The van der Waals surface area contributed by atoms with Crippen molar-refractivity contribution in [1.82, 2.24) is 4.98 Å². The number of halogens is 3. The summed E-state index contributed by atoms with van der Waals surface area (Å²) < 4.78 is 28.0. The molecule has 0 aliphatic carbocycles. The van der Waals surface area contributed by atoms with E-state index >= 15 is 0 Å². The molecule has 1 aromatic rings. The molecular weight excluding hydrogens is 200 g/mol. The molecule has 0 spiro atoms. The number of hydrogen-bond donors (Lipinski definition) is 0. The van der Waals surface area contributed by atoms with Crippen LogP contribution in [0.15, 0.2) is 18.3 Å². The van der Waals surface area contributed by atoms with Crippen molar-refractivity contribution in [2.45, 2.75) is 13.0 Å². The van der Waals surface area contributed by atoms with Gasteiger partial charge in [0.05, 0.1) is 6.61 Å². The van der Waals surface area contributed by atoms with Crippen molar-refractivity contribution < 1.29 is 13.5 Å². The van der Waals surface area contributed by atoms with Crippen LogP contribution in [0.5, 0.6) is 0 Å². The molecule has 13 heavy (non-hydrogen) atoms. The number of rotatable bonds is 4. The smallest absolute Gasteiger partial charge is 0.261 e. The van der Waals surface area contributed by atoms with E-state index in [4.69, 9.17) is 11.6 Å². The third-order valence-electron chi connectivity index (χ3n) is 1.34. The van der Waals surface area contributed by atoms with Crippen LogP contribution in [0.4, 0.5) is 8.78 Å². The Bertz CT molecular complexity index is 270. The molecule has 0 aliphatic rings. The van der Waals surface area contributed by atoms with Crippen LogP contribution >= 0.6 is 11.6 Å². The molecule has 5 heteroatoms. The number of ether oxygens (including phenoxy) is 1. The average molecular weight is 208 g/mol. The largest absolute Gasteiger partial charge is 0.371 e. The van der Waals surface area contributed by atoms with Crippen LogP contribution in [0.2, 0.25) is 5.15 Å². The minimum absolute atomic E-state index is 0.0665. The number of aromatic nitrogens is 1. The normalized spacial score (nSPS) is 10.8. The third-order valence-corrected chi connectivity index (χ3v) is 1.68. The quantitative estimate of drug-likeness (QED) is 0.708. The second-order valence-electron chi connectivity index (χ2n) is 2.36. The van der Waals surface area contributed by atoms with Gasteiger partial charge in [0.1, 0.15) is 11.8 Å². The maximum Gasteiger partial charge on any atom is 0.261 e. The highest BCUT2D eigenvalue weighted by Crippen LogP contribution is 2.12. The molecule has 0 unspecified atom stereocenters. The van der Waals surface area contributed by atoms with Gasteiger partial charge in [0.25, 0.3) is 6.43 Å². The summed E-state index contributed by atoms with van der Waals surface area (Å²) in [6.07, 6.45) is -0.922. The molecule has 0 N–H and O–H groups in total. The first-order chi connectivity index (χ1) is 6.20. The monoisotopic (exact) mass is 207 g/mol. The van der Waals surface area contributed by atoms with Crippen LogP contribution in [0.25, 0.3) is 0 Å². The lowest BCUT2D eigenvalue weighted by Gasteiger charge is -2.04. The summed E-state index contributed by atoms with van der Waals surface area (Å²) in [6, 6.07) is 3.35. The van der Waals surface area contributed by atoms with E-state index in [0.29, 0.717) is 5.56 Å². The number of alkyl halides is 2. The van der Waals surface area contributed by atoms with Gasteiger partial charge in [-0.1, -0.05) is 17.7 Å². The minimum atomic E-state index is -2.45. The summed E-state index contributed by atoms with van der Waals surface area (Å²) in [5.41, 5.74) is 0.616. The molecule has 72 valence electrons. The Morgan fingerprint density at radius 2 is 2.31 bits per heavy atom. The highest BCUT2D eigenvalue weighted by Gasteiger charge is 2.04. The zero-order chi connectivity index (χ0) is 9.68. The molecule has 1 heterocycles. The molecule has 0 amide bonds. The van der Waals surface area contributed by atoms with Crippen molar-refractivity contribution >= 4 is 11.6 Å². The van der Waals surface area contributed by atoms with Crippen LogP contribution in [0.3, 0.4) is 0 Å². The second kappa shape index (κ2) is 5.09. The first kappa shape index (κ1) is 10.3. The lowest BCUT2D eigenvalue weighted by Crippen LogP contribution is -2.04. The second-order valence-corrected chi connectivity index (χ2v) is 2.72. The summed E-state index contributed by atoms with van der Waals surface area (Å²) >= 11 is 5.66. The van der Waals surface area contributed by atoms with Crippen LogP contribution in [-0.4, -0.2) is 18.0 Å². The molecule has 0 saturated heterocycles. The molecule has 0 radical (unpaired) electrons. The highest BCUT2D eigenvalue weighted by molar-refractivity contribution is 6.30. The first-order valence-corrected chi connectivity index (χ1v) is 4.03. The summed E-state index contributed by atoms with van der Waals surface area (Å²) in [5.74, 6) is 0. The molecular formula is C8H8ClF2NO. The number of nitrogens with zero attached hydrogens (tertiary/aromatic N) is 1. The van der Waals surface area contributed by atoms with Crippen molar-refractivity contribution in [2.24, 2.45) is 0 Å². The molecule has 1 aromatic heterocycles. The standard InChI is InChI=1S/C8H8ClF2NO/c9-8-6(2-1-3-12-8)4-13-5-7(10)11/h1-3,7H,4-5H2. The zero-order valence-corrected chi connectivity index (χ0v) is 7.47. The number of hydrogen-bond acceptors (Lipinski definition) is 2. The van der Waals surface area contributed by atoms with E-state index in [1.165, 1.54) is 6.20 Å². The zero-order valence-electron chi connectivity index (χ0n) is 6.71. The average Bonchev–Trinajstić information content (AvgIpc) is 2.08. The van der Waals surface area contributed by atoms with Gasteiger partial charge in [-0.05, 0) is 6.07 Å². The van der Waals surface area contributed by atoms with Crippen molar-refractivity contribution in [1.29, 1.82) is 0 Å². The minimum Gasteiger partial charge on any atom is -0.371 e. The molecule has 0 atom stereocenters. The summed E-state index contributed by atoms with van der Waals surface area (Å²) in [6.45, 7) is -0.512. The van der Waals surface area contributed by atoms with Crippen LogP contribution in [0, 0.1) is 0 Å². The van der Waals surface area contributed by atoms with Gasteiger partial charge in [-0.3, -0.25) is 0 Å². The fraction of sp³-hybridized carbons (Fsp3) is 0.375. The third kappa shape index (κ3) is 3.65. The van der Waals surface area contributed by atoms with Crippen molar-refractivity contribution in [2.75, 3.05) is 6.61 Å². The van der Waals surface area contributed by atoms with Crippen molar-refractivity contribution in [3.05, 3.63) is 29.0 Å². The van der Waals surface area contributed by atoms with E-state index in [1.54, 1.807) is 12.1 Å².